The quantitative estimate of drug-likeness (QED) is 0.787. The van der Waals surface area contributed by atoms with E-state index in [4.69, 9.17) is 4.74 Å². The highest BCUT2D eigenvalue weighted by Crippen LogP contribution is 2.26. The van der Waals surface area contributed by atoms with Gasteiger partial charge in [-0.3, -0.25) is 14.4 Å². The van der Waals surface area contributed by atoms with Gasteiger partial charge in [0, 0.05) is 24.2 Å². The number of likely N-dealkylation sites (tertiary alicyclic amines) is 1. The van der Waals surface area contributed by atoms with Crippen LogP contribution in [0.5, 0.6) is 0 Å². The van der Waals surface area contributed by atoms with E-state index >= 15 is 0 Å². The number of piperidine rings is 1. The molecule has 1 N–H and O–H groups in total. The van der Waals surface area contributed by atoms with Crippen LogP contribution in [-0.4, -0.2) is 41.9 Å². The Morgan fingerprint density at radius 2 is 1.76 bits per heavy atom. The molecule has 1 heterocycles. The molecule has 3 rings (SSSR count). The number of fused-ring (bicyclic) bond motifs is 1. The molecule has 1 aliphatic heterocycles. The minimum Gasteiger partial charge on any atom is -0.452 e. The van der Waals surface area contributed by atoms with Crippen LogP contribution in [0.3, 0.4) is 0 Å². The summed E-state index contributed by atoms with van der Waals surface area (Å²) in [7, 11) is 0. The molecule has 0 saturated carbocycles. The second-order valence-corrected chi connectivity index (χ2v) is 9.22. The molecule has 0 aromatic heterocycles. The van der Waals surface area contributed by atoms with Crippen LogP contribution < -0.4 is 5.32 Å². The van der Waals surface area contributed by atoms with Crippen molar-refractivity contribution in [2.45, 2.75) is 65.9 Å². The Bertz CT molecular complexity index is 789. The van der Waals surface area contributed by atoms with Gasteiger partial charge in [-0.25, -0.2) is 0 Å². The fraction of sp³-hybridized carbons (Fsp3) is 0.609. The van der Waals surface area contributed by atoms with Crippen molar-refractivity contribution in [3.63, 3.8) is 0 Å². The monoisotopic (exact) mass is 400 g/mol. The second-order valence-electron chi connectivity index (χ2n) is 9.22. The van der Waals surface area contributed by atoms with Gasteiger partial charge in [-0.15, -0.1) is 0 Å². The standard InChI is InChI=1S/C23H32N2O4/c1-15(20(26)24-19-9-8-16-6-5-7-18(16)14-19)29-21(27)17-10-12-25(13-11-17)22(28)23(2,3)4/h8-9,14-15,17H,5-7,10-13H2,1-4H3,(H,24,26)/t15-/m1/s1. The van der Waals surface area contributed by atoms with E-state index in [-0.39, 0.29) is 23.7 Å². The Labute approximate surface area is 173 Å². The van der Waals surface area contributed by atoms with Crippen molar-refractivity contribution < 1.29 is 19.1 Å². The SMILES string of the molecule is C[C@@H](OC(=O)C1CCN(C(=O)C(C)(C)C)CC1)C(=O)Nc1ccc2c(c1)CCC2. The maximum absolute atomic E-state index is 12.5. The molecule has 29 heavy (non-hydrogen) atoms. The molecule has 2 amide bonds. The van der Waals surface area contributed by atoms with Crippen LogP contribution >= 0.6 is 0 Å². The third-order valence-electron chi connectivity index (χ3n) is 5.79. The summed E-state index contributed by atoms with van der Waals surface area (Å²) in [6, 6.07) is 5.97. The number of ether oxygens (including phenoxy) is 1. The first-order chi connectivity index (χ1) is 13.6. The van der Waals surface area contributed by atoms with Crippen LogP contribution in [-0.2, 0) is 32.0 Å². The van der Waals surface area contributed by atoms with Crippen molar-refractivity contribution in [1.82, 2.24) is 4.90 Å². The van der Waals surface area contributed by atoms with E-state index in [9.17, 15) is 14.4 Å². The molecule has 6 heteroatoms. The van der Waals surface area contributed by atoms with E-state index in [0.29, 0.717) is 25.9 Å². The van der Waals surface area contributed by atoms with Crippen molar-refractivity contribution >= 4 is 23.5 Å². The number of carbonyl (C=O) groups excluding carboxylic acids is 3. The Hall–Kier alpha value is -2.37. The van der Waals surface area contributed by atoms with E-state index in [1.54, 1.807) is 6.92 Å². The zero-order chi connectivity index (χ0) is 21.2. The molecule has 0 unspecified atom stereocenters. The van der Waals surface area contributed by atoms with E-state index < -0.39 is 11.5 Å². The smallest absolute Gasteiger partial charge is 0.309 e. The molecule has 1 saturated heterocycles. The average molecular weight is 401 g/mol. The lowest BCUT2D eigenvalue weighted by molar-refractivity contribution is -0.160. The van der Waals surface area contributed by atoms with Crippen molar-refractivity contribution in [2.75, 3.05) is 18.4 Å². The molecule has 1 aliphatic carbocycles. The van der Waals surface area contributed by atoms with Gasteiger partial charge < -0.3 is 15.0 Å². The molecular weight excluding hydrogens is 368 g/mol. The largest absolute Gasteiger partial charge is 0.452 e. The van der Waals surface area contributed by atoms with Crippen LogP contribution in [0, 0.1) is 11.3 Å². The predicted molar refractivity (Wildman–Crippen MR) is 111 cm³/mol. The number of anilines is 1. The number of esters is 1. The lowest BCUT2D eigenvalue weighted by Crippen LogP contribution is -2.45. The number of nitrogens with one attached hydrogen (secondary N) is 1. The minimum atomic E-state index is -0.856. The molecule has 1 aromatic rings. The highest BCUT2D eigenvalue weighted by Gasteiger charge is 2.34. The van der Waals surface area contributed by atoms with Crippen molar-refractivity contribution in [3.05, 3.63) is 29.3 Å². The average Bonchev–Trinajstić information content (AvgIpc) is 3.14. The third kappa shape index (κ3) is 5.17. The summed E-state index contributed by atoms with van der Waals surface area (Å²) in [5, 5.41) is 2.85. The van der Waals surface area contributed by atoms with Crippen LogP contribution in [0.15, 0.2) is 18.2 Å². The number of benzene rings is 1. The summed E-state index contributed by atoms with van der Waals surface area (Å²) in [4.78, 5) is 39.1. The van der Waals surface area contributed by atoms with Gasteiger partial charge in [-0.05, 0) is 62.3 Å². The number of hydrogen-bond donors (Lipinski definition) is 1. The van der Waals surface area contributed by atoms with Gasteiger partial charge in [0.1, 0.15) is 0 Å². The van der Waals surface area contributed by atoms with Crippen LogP contribution in [0.25, 0.3) is 0 Å². The number of aryl methyl sites for hydroxylation is 2. The van der Waals surface area contributed by atoms with E-state index in [2.05, 4.69) is 11.4 Å². The molecule has 6 nitrogen and oxygen atoms in total. The fourth-order valence-electron chi connectivity index (χ4n) is 4.01. The minimum absolute atomic E-state index is 0.103. The van der Waals surface area contributed by atoms with Gasteiger partial charge in [0.05, 0.1) is 5.92 Å². The first kappa shape index (κ1) is 21.3. The second kappa shape index (κ2) is 8.56. The molecule has 1 atom stereocenters. The van der Waals surface area contributed by atoms with Crippen LogP contribution in [0.1, 0.15) is 58.1 Å². The zero-order valence-electron chi connectivity index (χ0n) is 17.9. The summed E-state index contributed by atoms with van der Waals surface area (Å²) < 4.78 is 5.43. The highest BCUT2D eigenvalue weighted by atomic mass is 16.5. The maximum Gasteiger partial charge on any atom is 0.309 e. The molecule has 0 bridgehead atoms. The number of carbonyl (C=O) groups is 3. The number of hydrogen-bond acceptors (Lipinski definition) is 4. The molecule has 158 valence electrons. The molecular formula is C23H32N2O4. The van der Waals surface area contributed by atoms with Gasteiger partial charge in [0.2, 0.25) is 5.91 Å². The van der Waals surface area contributed by atoms with E-state index in [0.717, 1.165) is 24.9 Å². The van der Waals surface area contributed by atoms with Gasteiger partial charge in [0.25, 0.3) is 5.91 Å². The summed E-state index contributed by atoms with van der Waals surface area (Å²) in [6.45, 7) is 8.39. The molecule has 1 aromatic carbocycles. The summed E-state index contributed by atoms with van der Waals surface area (Å²) in [6.07, 6.45) is 3.57. The summed E-state index contributed by atoms with van der Waals surface area (Å²) >= 11 is 0. The fourth-order valence-corrected chi connectivity index (χ4v) is 4.01. The zero-order valence-corrected chi connectivity index (χ0v) is 17.9. The lowest BCUT2D eigenvalue weighted by Gasteiger charge is -2.35. The number of rotatable bonds is 4. The molecule has 1 fully saturated rings. The Morgan fingerprint density at radius 3 is 2.41 bits per heavy atom. The van der Waals surface area contributed by atoms with Gasteiger partial charge >= 0.3 is 5.97 Å². The van der Waals surface area contributed by atoms with E-state index in [1.165, 1.54) is 11.1 Å². The number of amides is 2. The van der Waals surface area contributed by atoms with Crippen molar-refractivity contribution in [3.8, 4) is 0 Å². The van der Waals surface area contributed by atoms with Gasteiger partial charge in [-0.2, -0.15) is 0 Å². The highest BCUT2D eigenvalue weighted by molar-refractivity contribution is 5.95. The normalized spacial score (nSPS) is 18.1. The predicted octanol–water partition coefficient (Wildman–Crippen LogP) is 3.33. The first-order valence-corrected chi connectivity index (χ1v) is 10.6. The third-order valence-corrected chi connectivity index (χ3v) is 5.79. The molecule has 2 aliphatic rings. The van der Waals surface area contributed by atoms with Gasteiger partial charge in [-0.1, -0.05) is 26.8 Å². The number of nitrogens with zero attached hydrogens (tertiary/aromatic N) is 1. The van der Waals surface area contributed by atoms with Gasteiger partial charge in [0.15, 0.2) is 6.10 Å². The van der Waals surface area contributed by atoms with E-state index in [1.807, 2.05) is 37.8 Å². The summed E-state index contributed by atoms with van der Waals surface area (Å²) in [5.74, 6) is -0.846. The Kier molecular flexibility index (Phi) is 6.30. The Morgan fingerprint density at radius 1 is 1.10 bits per heavy atom. The van der Waals surface area contributed by atoms with Crippen LogP contribution in [0.2, 0.25) is 0 Å². The summed E-state index contributed by atoms with van der Waals surface area (Å²) in [5.41, 5.74) is 2.95. The van der Waals surface area contributed by atoms with Crippen molar-refractivity contribution in [2.24, 2.45) is 11.3 Å². The topological polar surface area (TPSA) is 75.7 Å². The van der Waals surface area contributed by atoms with Crippen molar-refractivity contribution in [1.29, 1.82) is 0 Å². The maximum atomic E-state index is 12.5. The van der Waals surface area contributed by atoms with Crippen LogP contribution in [0.4, 0.5) is 5.69 Å². The Balaban J connectivity index is 1.48. The first-order valence-electron chi connectivity index (χ1n) is 10.6. The molecule has 0 spiro atoms. The molecule has 0 radical (unpaired) electrons. The lowest BCUT2D eigenvalue weighted by atomic mass is 9.91.